The summed E-state index contributed by atoms with van der Waals surface area (Å²) in [6.07, 6.45) is 3.71. The molecule has 0 radical (unpaired) electrons. The van der Waals surface area contributed by atoms with Gasteiger partial charge in [-0.15, -0.1) is 12.4 Å². The van der Waals surface area contributed by atoms with Crippen molar-refractivity contribution in [2.45, 2.75) is 25.7 Å². The lowest BCUT2D eigenvalue weighted by atomic mass is 9.92. The molecular weight excluding hydrogens is 244 g/mol. The number of benzene rings is 1. The molecule has 1 saturated heterocycles. The van der Waals surface area contributed by atoms with Crippen molar-refractivity contribution in [1.29, 1.82) is 0 Å². The summed E-state index contributed by atoms with van der Waals surface area (Å²) in [4.78, 5) is 0. The van der Waals surface area contributed by atoms with Gasteiger partial charge in [-0.2, -0.15) is 0 Å². The van der Waals surface area contributed by atoms with Crippen molar-refractivity contribution < 1.29 is 8.78 Å². The monoisotopic (exact) mass is 261 g/mol. The van der Waals surface area contributed by atoms with E-state index in [-0.39, 0.29) is 18.0 Å². The van der Waals surface area contributed by atoms with E-state index < -0.39 is 11.6 Å². The third-order valence-electron chi connectivity index (χ3n) is 3.26. The van der Waals surface area contributed by atoms with Crippen molar-refractivity contribution in [1.82, 2.24) is 5.32 Å². The molecule has 1 aromatic carbocycles. The smallest absolute Gasteiger partial charge is 0.129 e. The van der Waals surface area contributed by atoms with Gasteiger partial charge >= 0.3 is 0 Å². The fourth-order valence-corrected chi connectivity index (χ4v) is 2.29. The Kier molecular flexibility index (Phi) is 5.86. The second kappa shape index (κ2) is 6.92. The highest BCUT2D eigenvalue weighted by Gasteiger charge is 2.15. The molecule has 1 aliphatic heterocycles. The molecule has 0 bridgehead atoms. The van der Waals surface area contributed by atoms with E-state index in [2.05, 4.69) is 5.32 Å². The minimum absolute atomic E-state index is 0. The number of rotatable bonds is 3. The zero-order valence-corrected chi connectivity index (χ0v) is 10.5. The Morgan fingerprint density at radius 3 is 2.53 bits per heavy atom. The van der Waals surface area contributed by atoms with Crippen molar-refractivity contribution in [3.05, 3.63) is 35.4 Å². The second-order valence-corrected chi connectivity index (χ2v) is 4.45. The zero-order chi connectivity index (χ0) is 11.4. The Bertz CT molecular complexity index is 331. The summed E-state index contributed by atoms with van der Waals surface area (Å²) in [7, 11) is 0. The molecule has 0 aromatic heterocycles. The molecule has 0 saturated carbocycles. The van der Waals surface area contributed by atoms with Crippen LogP contribution in [-0.2, 0) is 6.42 Å². The van der Waals surface area contributed by atoms with Crippen molar-refractivity contribution in [3.63, 3.8) is 0 Å². The fourth-order valence-electron chi connectivity index (χ4n) is 2.29. The molecular formula is C13H18ClF2N. The Morgan fingerprint density at radius 1 is 1.24 bits per heavy atom. The first-order valence-electron chi connectivity index (χ1n) is 5.91. The maximum Gasteiger partial charge on any atom is 0.129 e. The molecule has 1 heterocycles. The standard InChI is InChI=1S/C13H17F2N.ClH/c14-12-4-1-5-13(15)11(12)7-6-10-3-2-8-16-9-10;/h1,4-5,10,16H,2-3,6-9H2;1H. The van der Waals surface area contributed by atoms with E-state index in [1.165, 1.54) is 31.0 Å². The number of hydrogen-bond acceptors (Lipinski definition) is 1. The van der Waals surface area contributed by atoms with E-state index >= 15 is 0 Å². The van der Waals surface area contributed by atoms with E-state index in [0.29, 0.717) is 12.3 Å². The molecule has 1 nitrogen and oxygen atoms in total. The summed E-state index contributed by atoms with van der Waals surface area (Å²) in [6, 6.07) is 4.07. The van der Waals surface area contributed by atoms with Crippen LogP contribution in [0.25, 0.3) is 0 Å². The van der Waals surface area contributed by atoms with E-state index in [1.54, 1.807) is 0 Å². The predicted octanol–water partition coefficient (Wildman–Crippen LogP) is 3.32. The molecule has 1 fully saturated rings. The Labute approximate surface area is 107 Å². The Morgan fingerprint density at radius 2 is 1.94 bits per heavy atom. The molecule has 0 spiro atoms. The first kappa shape index (κ1) is 14.4. The topological polar surface area (TPSA) is 12.0 Å². The van der Waals surface area contributed by atoms with Gasteiger partial charge in [-0.05, 0) is 56.8 Å². The van der Waals surface area contributed by atoms with E-state index in [0.717, 1.165) is 19.5 Å². The lowest BCUT2D eigenvalue weighted by Gasteiger charge is -2.22. The number of halogens is 3. The largest absolute Gasteiger partial charge is 0.316 e. The van der Waals surface area contributed by atoms with Gasteiger partial charge in [0.15, 0.2) is 0 Å². The van der Waals surface area contributed by atoms with Gasteiger partial charge in [0.2, 0.25) is 0 Å². The molecule has 1 aromatic rings. The van der Waals surface area contributed by atoms with Crippen LogP contribution in [0.1, 0.15) is 24.8 Å². The molecule has 1 N–H and O–H groups in total. The Balaban J connectivity index is 0.00000144. The quantitative estimate of drug-likeness (QED) is 0.880. The van der Waals surface area contributed by atoms with Crippen LogP contribution in [0.2, 0.25) is 0 Å². The molecule has 4 heteroatoms. The van der Waals surface area contributed by atoms with Crippen LogP contribution in [0, 0.1) is 17.6 Å². The molecule has 1 atom stereocenters. The molecule has 0 amide bonds. The van der Waals surface area contributed by atoms with Crippen molar-refractivity contribution in [2.75, 3.05) is 13.1 Å². The van der Waals surface area contributed by atoms with Crippen LogP contribution in [-0.4, -0.2) is 13.1 Å². The molecule has 96 valence electrons. The van der Waals surface area contributed by atoms with Gasteiger partial charge in [0.1, 0.15) is 11.6 Å². The van der Waals surface area contributed by atoms with E-state index in [9.17, 15) is 8.78 Å². The van der Waals surface area contributed by atoms with Gasteiger partial charge in [0, 0.05) is 5.56 Å². The summed E-state index contributed by atoms with van der Waals surface area (Å²) in [6.45, 7) is 2.06. The van der Waals surface area contributed by atoms with Gasteiger partial charge in [-0.1, -0.05) is 6.07 Å². The first-order valence-corrected chi connectivity index (χ1v) is 5.91. The van der Waals surface area contributed by atoms with Crippen LogP contribution in [0.4, 0.5) is 8.78 Å². The van der Waals surface area contributed by atoms with Crippen LogP contribution < -0.4 is 5.32 Å². The first-order chi connectivity index (χ1) is 7.77. The molecule has 0 aliphatic carbocycles. The SMILES string of the molecule is Cl.Fc1cccc(F)c1CCC1CCCNC1. The summed E-state index contributed by atoms with van der Waals surface area (Å²) >= 11 is 0. The summed E-state index contributed by atoms with van der Waals surface area (Å²) in [5, 5.41) is 3.31. The number of piperidine rings is 1. The Hall–Kier alpha value is -0.670. The molecule has 1 aliphatic rings. The van der Waals surface area contributed by atoms with Gasteiger partial charge in [0.25, 0.3) is 0 Å². The van der Waals surface area contributed by atoms with Gasteiger partial charge in [0.05, 0.1) is 0 Å². The average Bonchev–Trinajstić information content (AvgIpc) is 2.30. The second-order valence-electron chi connectivity index (χ2n) is 4.45. The normalized spacial score (nSPS) is 19.8. The van der Waals surface area contributed by atoms with E-state index in [4.69, 9.17) is 0 Å². The highest BCUT2D eigenvalue weighted by molar-refractivity contribution is 5.85. The number of nitrogens with one attached hydrogen (secondary N) is 1. The van der Waals surface area contributed by atoms with Crippen LogP contribution in [0.3, 0.4) is 0 Å². The molecule has 17 heavy (non-hydrogen) atoms. The van der Waals surface area contributed by atoms with Crippen molar-refractivity contribution >= 4 is 12.4 Å². The molecule has 1 unspecified atom stereocenters. The summed E-state index contributed by atoms with van der Waals surface area (Å²) in [5.41, 5.74) is 0.244. The fraction of sp³-hybridized carbons (Fsp3) is 0.538. The highest BCUT2D eigenvalue weighted by atomic mass is 35.5. The van der Waals surface area contributed by atoms with E-state index in [1.807, 2.05) is 0 Å². The molecule has 2 rings (SSSR count). The lowest BCUT2D eigenvalue weighted by Crippen LogP contribution is -2.30. The van der Waals surface area contributed by atoms with Gasteiger partial charge < -0.3 is 5.32 Å². The third kappa shape index (κ3) is 3.93. The number of hydrogen-bond donors (Lipinski definition) is 1. The highest BCUT2D eigenvalue weighted by Crippen LogP contribution is 2.20. The average molecular weight is 262 g/mol. The van der Waals surface area contributed by atoms with Crippen molar-refractivity contribution in [2.24, 2.45) is 5.92 Å². The maximum atomic E-state index is 13.3. The van der Waals surface area contributed by atoms with Crippen LogP contribution >= 0.6 is 12.4 Å². The zero-order valence-electron chi connectivity index (χ0n) is 9.72. The van der Waals surface area contributed by atoms with Gasteiger partial charge in [-0.3, -0.25) is 0 Å². The van der Waals surface area contributed by atoms with Crippen LogP contribution in [0.15, 0.2) is 18.2 Å². The minimum Gasteiger partial charge on any atom is -0.316 e. The third-order valence-corrected chi connectivity index (χ3v) is 3.26. The lowest BCUT2D eigenvalue weighted by molar-refractivity contribution is 0.354. The van der Waals surface area contributed by atoms with Gasteiger partial charge in [-0.25, -0.2) is 8.78 Å². The summed E-state index contributed by atoms with van der Waals surface area (Å²) in [5.74, 6) is -0.264. The maximum absolute atomic E-state index is 13.3. The van der Waals surface area contributed by atoms with Crippen LogP contribution in [0.5, 0.6) is 0 Å². The minimum atomic E-state index is -0.413. The van der Waals surface area contributed by atoms with Crippen molar-refractivity contribution in [3.8, 4) is 0 Å². The predicted molar refractivity (Wildman–Crippen MR) is 67.5 cm³/mol. The summed E-state index contributed by atoms with van der Waals surface area (Å²) < 4.78 is 26.7.